The number of hydrogen-bond acceptors (Lipinski definition) is 7. The van der Waals surface area contributed by atoms with Gasteiger partial charge in [0.2, 0.25) is 0 Å². The molecule has 1 saturated heterocycles. The maximum atomic E-state index is 12.7. The van der Waals surface area contributed by atoms with Crippen LogP contribution in [0.25, 0.3) is 0 Å². The summed E-state index contributed by atoms with van der Waals surface area (Å²) in [5, 5.41) is 0. The first-order valence-corrected chi connectivity index (χ1v) is 13.1. The van der Waals surface area contributed by atoms with E-state index in [9.17, 15) is 26.4 Å². The normalized spacial score (nSPS) is 19.5. The number of rotatable bonds is 7. The van der Waals surface area contributed by atoms with Crippen molar-refractivity contribution in [2.24, 2.45) is 0 Å². The van der Waals surface area contributed by atoms with E-state index < -0.39 is 44.2 Å². The van der Waals surface area contributed by atoms with Crippen molar-refractivity contribution in [1.82, 2.24) is 4.90 Å². The van der Waals surface area contributed by atoms with E-state index in [-0.39, 0.29) is 28.0 Å². The van der Waals surface area contributed by atoms with Crippen LogP contribution in [0.2, 0.25) is 0 Å². The van der Waals surface area contributed by atoms with Gasteiger partial charge in [0.05, 0.1) is 22.0 Å². The highest BCUT2D eigenvalue weighted by atomic mass is 32.2. The number of aryl methyl sites for hydroxylation is 1. The SMILES string of the molecule is CCC(C)N(C(=O)COC(=O)c1cc(S(C)(=O)=O)ccc1C)C1CCS(=O)(=O)C1. The highest BCUT2D eigenvalue weighted by Gasteiger charge is 2.36. The second-order valence-corrected chi connectivity index (χ2v) is 11.7. The molecule has 1 aliphatic rings. The van der Waals surface area contributed by atoms with Crippen molar-refractivity contribution >= 4 is 31.6 Å². The Hall–Kier alpha value is -1.94. The highest BCUT2D eigenvalue weighted by Crippen LogP contribution is 2.22. The molecule has 1 aromatic carbocycles. The largest absolute Gasteiger partial charge is 0.452 e. The van der Waals surface area contributed by atoms with E-state index in [0.717, 1.165) is 6.26 Å². The summed E-state index contributed by atoms with van der Waals surface area (Å²) in [6.45, 7) is 4.81. The quantitative estimate of drug-likeness (QED) is 0.582. The molecule has 0 radical (unpaired) electrons. The molecule has 1 heterocycles. The van der Waals surface area contributed by atoms with E-state index >= 15 is 0 Å². The van der Waals surface area contributed by atoms with Crippen molar-refractivity contribution in [2.45, 2.75) is 50.6 Å². The molecular weight excluding hydrogens is 418 g/mol. The van der Waals surface area contributed by atoms with Gasteiger partial charge in [-0.1, -0.05) is 13.0 Å². The van der Waals surface area contributed by atoms with Gasteiger partial charge in [0.1, 0.15) is 0 Å². The molecule has 0 aliphatic carbocycles. The van der Waals surface area contributed by atoms with Crippen LogP contribution in [-0.2, 0) is 29.2 Å². The summed E-state index contributed by atoms with van der Waals surface area (Å²) < 4.78 is 52.2. The molecule has 8 nitrogen and oxygen atoms in total. The standard InChI is InChI=1S/C19H27NO7S2/c1-5-14(3)20(15-8-9-29(25,26)12-15)18(21)11-27-19(22)17-10-16(28(4,23)24)7-6-13(17)2/h6-7,10,14-15H,5,8-9,11-12H2,1-4H3. The fourth-order valence-electron chi connectivity index (χ4n) is 3.33. The number of hydrogen-bond donors (Lipinski definition) is 0. The van der Waals surface area contributed by atoms with E-state index in [0.29, 0.717) is 18.4 Å². The van der Waals surface area contributed by atoms with Gasteiger partial charge in [-0.25, -0.2) is 21.6 Å². The minimum Gasteiger partial charge on any atom is -0.452 e. The Balaban J connectivity index is 2.15. The Bertz CT molecular complexity index is 999. The predicted octanol–water partition coefficient (Wildman–Crippen LogP) is 1.37. The Morgan fingerprint density at radius 3 is 2.48 bits per heavy atom. The van der Waals surface area contributed by atoms with Gasteiger partial charge in [0.25, 0.3) is 5.91 Å². The Labute approximate surface area is 172 Å². The van der Waals surface area contributed by atoms with Gasteiger partial charge in [-0.3, -0.25) is 4.79 Å². The van der Waals surface area contributed by atoms with E-state index in [4.69, 9.17) is 4.74 Å². The molecule has 0 N–H and O–H groups in total. The summed E-state index contributed by atoms with van der Waals surface area (Å²) >= 11 is 0. The molecule has 10 heteroatoms. The van der Waals surface area contributed by atoms with Gasteiger partial charge in [-0.05, 0) is 44.4 Å². The molecule has 1 aromatic rings. The fourth-order valence-corrected chi connectivity index (χ4v) is 5.69. The van der Waals surface area contributed by atoms with Crippen molar-refractivity contribution in [2.75, 3.05) is 24.4 Å². The van der Waals surface area contributed by atoms with E-state index in [1.165, 1.54) is 23.1 Å². The molecule has 2 unspecified atom stereocenters. The number of benzene rings is 1. The number of nitrogens with zero attached hydrogens (tertiary/aromatic N) is 1. The Morgan fingerprint density at radius 1 is 1.31 bits per heavy atom. The fraction of sp³-hybridized carbons (Fsp3) is 0.579. The lowest BCUT2D eigenvalue weighted by atomic mass is 10.1. The van der Waals surface area contributed by atoms with Crippen LogP contribution in [0.3, 0.4) is 0 Å². The molecule has 0 spiro atoms. The molecule has 0 aromatic heterocycles. The average Bonchev–Trinajstić information content (AvgIpc) is 2.98. The second-order valence-electron chi connectivity index (χ2n) is 7.44. The molecule has 2 rings (SSSR count). The van der Waals surface area contributed by atoms with Gasteiger partial charge >= 0.3 is 5.97 Å². The maximum absolute atomic E-state index is 12.7. The third-order valence-electron chi connectivity index (χ3n) is 5.14. The first-order valence-electron chi connectivity index (χ1n) is 9.35. The lowest BCUT2D eigenvalue weighted by Crippen LogP contribution is -2.48. The summed E-state index contributed by atoms with van der Waals surface area (Å²) in [5.41, 5.74) is 0.592. The minimum atomic E-state index is -3.50. The number of carbonyl (C=O) groups is 2. The zero-order valence-corrected chi connectivity index (χ0v) is 18.7. The molecule has 0 bridgehead atoms. The van der Waals surface area contributed by atoms with Crippen LogP contribution in [0.15, 0.2) is 23.1 Å². The summed E-state index contributed by atoms with van der Waals surface area (Å²) in [7, 11) is -6.67. The first kappa shape index (κ1) is 23.3. The molecule has 1 aliphatic heterocycles. The maximum Gasteiger partial charge on any atom is 0.338 e. The average molecular weight is 446 g/mol. The smallest absolute Gasteiger partial charge is 0.338 e. The summed E-state index contributed by atoms with van der Waals surface area (Å²) in [4.78, 5) is 26.7. The lowest BCUT2D eigenvalue weighted by molar-refractivity contribution is -0.138. The van der Waals surface area contributed by atoms with Crippen molar-refractivity contribution in [3.05, 3.63) is 29.3 Å². The van der Waals surface area contributed by atoms with Gasteiger partial charge < -0.3 is 9.64 Å². The van der Waals surface area contributed by atoms with Crippen LogP contribution in [0.4, 0.5) is 0 Å². The molecular formula is C19H27NO7S2. The number of carbonyl (C=O) groups excluding carboxylic acids is 2. The number of esters is 1. The number of ether oxygens (including phenoxy) is 1. The van der Waals surface area contributed by atoms with Gasteiger partial charge in [0, 0.05) is 18.3 Å². The zero-order valence-electron chi connectivity index (χ0n) is 17.0. The third kappa shape index (κ3) is 5.79. The zero-order chi connectivity index (χ0) is 22.0. The van der Waals surface area contributed by atoms with Crippen LogP contribution in [0.5, 0.6) is 0 Å². The monoisotopic (exact) mass is 445 g/mol. The molecule has 1 amide bonds. The first-order chi connectivity index (χ1) is 13.4. The van der Waals surface area contributed by atoms with Gasteiger partial charge in [-0.15, -0.1) is 0 Å². The van der Waals surface area contributed by atoms with Crippen LogP contribution >= 0.6 is 0 Å². The third-order valence-corrected chi connectivity index (χ3v) is 8.00. The molecule has 2 atom stereocenters. The molecule has 0 saturated carbocycles. The topological polar surface area (TPSA) is 115 Å². The van der Waals surface area contributed by atoms with E-state index in [1.807, 2.05) is 13.8 Å². The van der Waals surface area contributed by atoms with E-state index in [1.54, 1.807) is 6.92 Å². The van der Waals surface area contributed by atoms with Crippen molar-refractivity contribution in [3.63, 3.8) is 0 Å². The van der Waals surface area contributed by atoms with Crippen LogP contribution in [0, 0.1) is 6.92 Å². The van der Waals surface area contributed by atoms with Crippen molar-refractivity contribution in [3.8, 4) is 0 Å². The summed E-state index contributed by atoms with van der Waals surface area (Å²) in [6.07, 6.45) is 2.03. The van der Waals surface area contributed by atoms with Gasteiger partial charge in [0.15, 0.2) is 26.3 Å². The molecule has 29 heavy (non-hydrogen) atoms. The molecule has 162 valence electrons. The summed E-state index contributed by atoms with van der Waals surface area (Å²) in [6, 6.07) is 3.50. The second kappa shape index (κ2) is 8.83. The lowest BCUT2D eigenvalue weighted by Gasteiger charge is -2.33. The predicted molar refractivity (Wildman–Crippen MR) is 108 cm³/mol. The van der Waals surface area contributed by atoms with Crippen LogP contribution in [0.1, 0.15) is 42.6 Å². The van der Waals surface area contributed by atoms with Crippen molar-refractivity contribution < 1.29 is 31.2 Å². The molecule has 1 fully saturated rings. The number of amides is 1. The van der Waals surface area contributed by atoms with E-state index in [2.05, 4.69) is 0 Å². The van der Waals surface area contributed by atoms with Crippen molar-refractivity contribution in [1.29, 1.82) is 0 Å². The Kier molecular flexibility index (Phi) is 7.10. The van der Waals surface area contributed by atoms with Gasteiger partial charge in [-0.2, -0.15) is 0 Å². The number of sulfone groups is 2. The Morgan fingerprint density at radius 2 is 1.97 bits per heavy atom. The minimum absolute atomic E-state index is 0.0150. The highest BCUT2D eigenvalue weighted by molar-refractivity contribution is 7.91. The summed E-state index contributed by atoms with van der Waals surface area (Å²) in [5.74, 6) is -1.32. The van der Waals surface area contributed by atoms with Crippen LogP contribution in [-0.4, -0.2) is 70.1 Å². The van der Waals surface area contributed by atoms with Crippen LogP contribution < -0.4 is 0 Å².